The number of nitrogens with zero attached hydrogens (tertiary/aromatic N) is 1. The number of carbonyl (C=O) groups excluding carboxylic acids is 1. The lowest BCUT2D eigenvalue weighted by Gasteiger charge is -2.42. The van der Waals surface area contributed by atoms with Crippen molar-refractivity contribution in [3.63, 3.8) is 0 Å². The van der Waals surface area contributed by atoms with E-state index in [4.69, 9.17) is 14.2 Å². The van der Waals surface area contributed by atoms with E-state index in [2.05, 4.69) is 20.8 Å². The molecule has 136 valence electrons. The third kappa shape index (κ3) is 7.53. The van der Waals surface area contributed by atoms with Crippen LogP contribution in [0.25, 0.3) is 0 Å². The Balaban J connectivity index is 2.49. The molecule has 0 bridgehead atoms. The number of likely N-dealkylation sites (tertiary alicyclic amines) is 1. The van der Waals surface area contributed by atoms with E-state index in [0.717, 1.165) is 32.4 Å². The monoisotopic (exact) mass is 329 g/mol. The first kappa shape index (κ1) is 20.2. The van der Waals surface area contributed by atoms with E-state index >= 15 is 0 Å². The fourth-order valence-corrected chi connectivity index (χ4v) is 2.72. The predicted octanol–water partition coefficient (Wildman–Crippen LogP) is 3.86. The minimum atomic E-state index is -0.463. The Morgan fingerprint density at radius 3 is 2.52 bits per heavy atom. The van der Waals surface area contributed by atoms with Crippen molar-refractivity contribution in [2.24, 2.45) is 5.92 Å². The highest BCUT2D eigenvalue weighted by atomic mass is 16.6. The van der Waals surface area contributed by atoms with Crippen molar-refractivity contribution in [3.05, 3.63) is 0 Å². The van der Waals surface area contributed by atoms with Crippen LogP contribution in [0.4, 0.5) is 4.79 Å². The fourth-order valence-electron chi connectivity index (χ4n) is 2.72. The molecule has 0 aromatic carbocycles. The van der Waals surface area contributed by atoms with Crippen LogP contribution in [-0.2, 0) is 14.2 Å². The van der Waals surface area contributed by atoms with Gasteiger partial charge in [0.2, 0.25) is 0 Å². The van der Waals surface area contributed by atoms with Crippen LogP contribution in [0.1, 0.15) is 60.8 Å². The molecule has 0 spiro atoms. The summed E-state index contributed by atoms with van der Waals surface area (Å²) in [5.74, 6) is 0.535. The highest BCUT2D eigenvalue weighted by molar-refractivity contribution is 5.68. The van der Waals surface area contributed by atoms with E-state index in [1.807, 2.05) is 20.8 Å². The Morgan fingerprint density at radius 2 is 1.96 bits per heavy atom. The third-order valence-corrected chi connectivity index (χ3v) is 3.92. The second kappa shape index (κ2) is 8.88. The van der Waals surface area contributed by atoms with Crippen LogP contribution in [-0.4, -0.2) is 55.1 Å². The molecule has 1 aliphatic rings. The molecule has 1 amide bonds. The van der Waals surface area contributed by atoms with Crippen LogP contribution < -0.4 is 0 Å². The van der Waals surface area contributed by atoms with Crippen molar-refractivity contribution in [1.29, 1.82) is 0 Å². The first-order chi connectivity index (χ1) is 10.7. The number of carbonyl (C=O) groups is 1. The van der Waals surface area contributed by atoms with E-state index in [-0.39, 0.29) is 11.7 Å². The van der Waals surface area contributed by atoms with E-state index in [9.17, 15) is 4.79 Å². The van der Waals surface area contributed by atoms with Crippen molar-refractivity contribution in [2.75, 3.05) is 32.9 Å². The first-order valence-electron chi connectivity index (χ1n) is 8.87. The number of piperidine rings is 1. The zero-order valence-electron chi connectivity index (χ0n) is 15.8. The summed E-state index contributed by atoms with van der Waals surface area (Å²) in [5.41, 5.74) is -0.731. The zero-order valence-corrected chi connectivity index (χ0v) is 15.8. The van der Waals surface area contributed by atoms with Gasteiger partial charge < -0.3 is 19.1 Å². The average Bonchev–Trinajstić information content (AvgIpc) is 2.45. The largest absolute Gasteiger partial charge is 0.444 e. The number of amides is 1. The van der Waals surface area contributed by atoms with E-state index < -0.39 is 5.60 Å². The lowest BCUT2D eigenvalue weighted by molar-refractivity contribution is -0.107. The van der Waals surface area contributed by atoms with Gasteiger partial charge in [0, 0.05) is 13.2 Å². The number of hydrogen-bond donors (Lipinski definition) is 0. The molecule has 1 aliphatic heterocycles. The van der Waals surface area contributed by atoms with Crippen LogP contribution in [0.15, 0.2) is 0 Å². The van der Waals surface area contributed by atoms with Gasteiger partial charge >= 0.3 is 6.09 Å². The standard InChI is InChI=1S/C18H35NO4/c1-7-18(22-12-11-21-13-15(2)3)9-8-10-19(14-18)16(20)23-17(4,5)6/h15H,7-14H2,1-6H3. The maximum Gasteiger partial charge on any atom is 0.410 e. The molecular weight excluding hydrogens is 294 g/mol. The average molecular weight is 329 g/mol. The molecule has 0 saturated carbocycles. The molecule has 1 heterocycles. The second-order valence-electron chi connectivity index (χ2n) is 7.86. The minimum absolute atomic E-state index is 0.241. The molecule has 23 heavy (non-hydrogen) atoms. The topological polar surface area (TPSA) is 48.0 Å². The quantitative estimate of drug-likeness (QED) is 0.666. The van der Waals surface area contributed by atoms with Gasteiger partial charge in [-0.2, -0.15) is 0 Å². The molecule has 0 aliphatic carbocycles. The molecule has 1 rings (SSSR count). The Morgan fingerprint density at radius 1 is 1.26 bits per heavy atom. The van der Waals surface area contributed by atoms with Gasteiger partial charge in [-0.05, 0) is 46.0 Å². The summed E-state index contributed by atoms with van der Waals surface area (Å²) in [7, 11) is 0. The van der Waals surface area contributed by atoms with Crippen LogP contribution in [0, 0.1) is 5.92 Å². The van der Waals surface area contributed by atoms with Crippen LogP contribution in [0.2, 0.25) is 0 Å². The molecule has 0 aromatic heterocycles. The zero-order chi connectivity index (χ0) is 17.5. The van der Waals surface area contributed by atoms with Crippen LogP contribution >= 0.6 is 0 Å². The van der Waals surface area contributed by atoms with E-state index in [1.165, 1.54) is 0 Å². The maximum absolute atomic E-state index is 12.3. The molecule has 0 N–H and O–H groups in total. The Kier molecular flexibility index (Phi) is 7.81. The smallest absolute Gasteiger partial charge is 0.410 e. The molecule has 1 fully saturated rings. The summed E-state index contributed by atoms with van der Waals surface area (Å²) in [6.45, 7) is 15.3. The van der Waals surface area contributed by atoms with Gasteiger partial charge in [-0.25, -0.2) is 4.79 Å². The maximum atomic E-state index is 12.3. The number of hydrogen-bond acceptors (Lipinski definition) is 4. The summed E-state index contributed by atoms with van der Waals surface area (Å²) in [6.07, 6.45) is 2.57. The molecule has 1 unspecified atom stereocenters. The SMILES string of the molecule is CCC1(OCCOCC(C)C)CCCN(C(=O)OC(C)(C)C)C1. The number of ether oxygens (including phenoxy) is 3. The van der Waals surface area contributed by atoms with Gasteiger partial charge in [-0.15, -0.1) is 0 Å². The summed E-state index contributed by atoms with van der Waals surface area (Å²) < 4.78 is 17.2. The highest BCUT2D eigenvalue weighted by Gasteiger charge is 2.38. The van der Waals surface area contributed by atoms with Gasteiger partial charge in [0.05, 0.1) is 25.4 Å². The van der Waals surface area contributed by atoms with E-state index in [0.29, 0.717) is 25.7 Å². The molecule has 1 atom stereocenters. The summed E-state index contributed by atoms with van der Waals surface area (Å²) >= 11 is 0. The molecule has 0 aromatic rings. The van der Waals surface area contributed by atoms with Gasteiger partial charge in [-0.3, -0.25) is 0 Å². The Hall–Kier alpha value is -0.810. The van der Waals surface area contributed by atoms with Gasteiger partial charge in [0.1, 0.15) is 5.60 Å². The van der Waals surface area contributed by atoms with Crippen LogP contribution in [0.5, 0.6) is 0 Å². The normalized spacial score (nSPS) is 22.5. The second-order valence-corrected chi connectivity index (χ2v) is 7.86. The summed E-state index contributed by atoms with van der Waals surface area (Å²) in [6, 6.07) is 0. The number of rotatable bonds is 7. The summed E-state index contributed by atoms with van der Waals surface area (Å²) in [4.78, 5) is 14.1. The van der Waals surface area contributed by atoms with E-state index in [1.54, 1.807) is 4.90 Å². The third-order valence-electron chi connectivity index (χ3n) is 3.92. The molecule has 5 heteroatoms. The predicted molar refractivity (Wildman–Crippen MR) is 91.7 cm³/mol. The van der Waals surface area contributed by atoms with Crippen molar-refractivity contribution in [3.8, 4) is 0 Å². The van der Waals surface area contributed by atoms with Gasteiger partial charge in [0.15, 0.2) is 0 Å². The van der Waals surface area contributed by atoms with Gasteiger partial charge in [0.25, 0.3) is 0 Å². The molecule has 1 saturated heterocycles. The lowest BCUT2D eigenvalue weighted by Crippen LogP contribution is -2.52. The van der Waals surface area contributed by atoms with Crippen molar-refractivity contribution < 1.29 is 19.0 Å². The Labute approximate surface area is 141 Å². The lowest BCUT2D eigenvalue weighted by atomic mass is 9.90. The van der Waals surface area contributed by atoms with Crippen LogP contribution in [0.3, 0.4) is 0 Å². The van der Waals surface area contributed by atoms with Crippen molar-refractivity contribution >= 4 is 6.09 Å². The summed E-state index contributed by atoms with van der Waals surface area (Å²) in [5, 5.41) is 0. The highest BCUT2D eigenvalue weighted by Crippen LogP contribution is 2.29. The van der Waals surface area contributed by atoms with Gasteiger partial charge in [-0.1, -0.05) is 20.8 Å². The molecule has 0 radical (unpaired) electrons. The minimum Gasteiger partial charge on any atom is -0.444 e. The van der Waals surface area contributed by atoms with Crippen molar-refractivity contribution in [1.82, 2.24) is 4.90 Å². The first-order valence-corrected chi connectivity index (χ1v) is 8.87. The Bertz CT molecular complexity index is 365. The van der Waals surface area contributed by atoms with Crippen molar-refractivity contribution in [2.45, 2.75) is 72.0 Å². The fraction of sp³-hybridized carbons (Fsp3) is 0.944. The molecular formula is C18H35NO4. The molecule has 5 nitrogen and oxygen atoms in total.